The summed E-state index contributed by atoms with van der Waals surface area (Å²) in [5.74, 6) is -0.451. The molecule has 0 aromatic heterocycles. The highest BCUT2D eigenvalue weighted by Crippen LogP contribution is 2.27. The summed E-state index contributed by atoms with van der Waals surface area (Å²) >= 11 is 6.19. The summed E-state index contributed by atoms with van der Waals surface area (Å²) in [6.45, 7) is 1.85. The minimum atomic E-state index is -3.59. The van der Waals surface area contributed by atoms with Crippen molar-refractivity contribution in [1.29, 1.82) is 0 Å². The van der Waals surface area contributed by atoms with Gasteiger partial charge in [0.1, 0.15) is 5.82 Å². The van der Waals surface area contributed by atoms with Gasteiger partial charge in [0.2, 0.25) is 10.0 Å². The number of sulfonamides is 1. The highest BCUT2D eigenvalue weighted by Gasteiger charge is 2.28. The Bertz CT molecular complexity index is 788. The number of anilines is 1. The lowest BCUT2D eigenvalue weighted by Gasteiger charge is -2.35. The van der Waals surface area contributed by atoms with E-state index in [1.807, 2.05) is 24.3 Å². The van der Waals surface area contributed by atoms with Crippen LogP contribution in [0.3, 0.4) is 0 Å². The normalized spacial score (nSPS) is 16.5. The topological polar surface area (TPSA) is 40.6 Å². The van der Waals surface area contributed by atoms with Crippen LogP contribution in [0.1, 0.15) is 0 Å². The molecule has 1 heterocycles. The van der Waals surface area contributed by atoms with E-state index in [1.54, 1.807) is 0 Å². The molecule has 7 heteroatoms. The van der Waals surface area contributed by atoms with Crippen molar-refractivity contribution in [2.45, 2.75) is 4.90 Å². The average molecular weight is 355 g/mol. The first kappa shape index (κ1) is 16.2. The van der Waals surface area contributed by atoms with Crippen molar-refractivity contribution in [2.75, 3.05) is 31.1 Å². The highest BCUT2D eigenvalue weighted by atomic mass is 35.5. The van der Waals surface area contributed by atoms with Crippen LogP contribution in [0.4, 0.5) is 10.1 Å². The van der Waals surface area contributed by atoms with Crippen LogP contribution in [0, 0.1) is 5.82 Å². The fraction of sp³-hybridized carbons (Fsp3) is 0.250. The van der Waals surface area contributed by atoms with E-state index in [-0.39, 0.29) is 4.90 Å². The molecule has 0 spiro atoms. The average Bonchev–Trinajstić information content (AvgIpc) is 2.56. The molecule has 0 radical (unpaired) electrons. The lowest BCUT2D eigenvalue weighted by molar-refractivity contribution is 0.385. The van der Waals surface area contributed by atoms with E-state index in [0.29, 0.717) is 31.2 Å². The van der Waals surface area contributed by atoms with Gasteiger partial charge in [-0.05, 0) is 36.4 Å². The molecule has 0 bridgehead atoms. The van der Waals surface area contributed by atoms with Gasteiger partial charge in [-0.1, -0.05) is 23.7 Å². The smallest absolute Gasteiger partial charge is 0.243 e. The van der Waals surface area contributed by atoms with Crippen LogP contribution >= 0.6 is 11.6 Å². The quantitative estimate of drug-likeness (QED) is 0.850. The van der Waals surface area contributed by atoms with E-state index < -0.39 is 15.8 Å². The Hall–Kier alpha value is -1.63. The molecule has 0 atom stereocenters. The summed E-state index contributed by atoms with van der Waals surface area (Å²) in [4.78, 5) is 2.18. The van der Waals surface area contributed by atoms with Gasteiger partial charge in [0.25, 0.3) is 0 Å². The van der Waals surface area contributed by atoms with Gasteiger partial charge in [-0.2, -0.15) is 4.31 Å². The zero-order valence-corrected chi connectivity index (χ0v) is 13.9. The second-order valence-corrected chi connectivity index (χ2v) is 7.64. The first-order valence-corrected chi connectivity index (χ1v) is 9.05. The maximum atomic E-state index is 13.0. The molecule has 1 fully saturated rings. The van der Waals surface area contributed by atoms with Crippen molar-refractivity contribution in [1.82, 2.24) is 4.31 Å². The Balaban J connectivity index is 1.74. The molecule has 2 aromatic rings. The first-order valence-electron chi connectivity index (χ1n) is 7.24. The number of nitrogens with zero attached hydrogens (tertiary/aromatic N) is 2. The number of piperazine rings is 1. The van der Waals surface area contributed by atoms with Gasteiger partial charge < -0.3 is 4.90 Å². The summed E-state index contributed by atoms with van der Waals surface area (Å²) in [5, 5.41) is 0.655. The molecular weight excluding hydrogens is 339 g/mol. The largest absolute Gasteiger partial charge is 0.368 e. The SMILES string of the molecule is O=S(=O)(c1ccc(F)cc1)N1CCN(c2ccccc2Cl)CC1. The minimum absolute atomic E-state index is 0.116. The zero-order valence-electron chi connectivity index (χ0n) is 12.3. The first-order chi connectivity index (χ1) is 11.0. The monoisotopic (exact) mass is 354 g/mol. The lowest BCUT2D eigenvalue weighted by Crippen LogP contribution is -2.48. The van der Waals surface area contributed by atoms with Crippen LogP contribution in [-0.4, -0.2) is 38.9 Å². The Morgan fingerprint density at radius 3 is 2.13 bits per heavy atom. The van der Waals surface area contributed by atoms with Gasteiger partial charge in [-0.25, -0.2) is 12.8 Å². The minimum Gasteiger partial charge on any atom is -0.368 e. The lowest BCUT2D eigenvalue weighted by atomic mass is 10.2. The fourth-order valence-corrected chi connectivity index (χ4v) is 4.31. The van der Waals surface area contributed by atoms with Crippen LogP contribution in [-0.2, 0) is 10.0 Å². The summed E-state index contributed by atoms with van der Waals surface area (Å²) in [6.07, 6.45) is 0. The van der Waals surface area contributed by atoms with Gasteiger partial charge in [-0.15, -0.1) is 0 Å². The Morgan fingerprint density at radius 2 is 1.52 bits per heavy atom. The van der Waals surface area contributed by atoms with Crippen LogP contribution in [0.2, 0.25) is 5.02 Å². The third-order valence-corrected chi connectivity index (χ3v) is 6.12. The van der Waals surface area contributed by atoms with Crippen molar-refractivity contribution in [3.8, 4) is 0 Å². The van der Waals surface area contributed by atoms with Crippen molar-refractivity contribution in [3.63, 3.8) is 0 Å². The standard InChI is InChI=1S/C16H16ClFN2O2S/c17-15-3-1-2-4-16(15)19-9-11-20(12-10-19)23(21,22)14-7-5-13(18)6-8-14/h1-8H,9-12H2. The summed E-state index contributed by atoms with van der Waals surface area (Å²) < 4.78 is 39.5. The summed E-state index contributed by atoms with van der Waals surface area (Å²) in [6, 6.07) is 12.4. The Kier molecular flexibility index (Phi) is 4.57. The van der Waals surface area contributed by atoms with Crippen LogP contribution in [0.5, 0.6) is 0 Å². The Morgan fingerprint density at radius 1 is 0.913 bits per heavy atom. The molecule has 0 saturated carbocycles. The van der Waals surface area contributed by atoms with Crippen molar-refractivity contribution < 1.29 is 12.8 Å². The summed E-state index contributed by atoms with van der Waals surface area (Å²) in [5.41, 5.74) is 0.910. The van der Waals surface area contributed by atoms with Gasteiger partial charge >= 0.3 is 0 Å². The third-order valence-electron chi connectivity index (χ3n) is 3.88. The van der Waals surface area contributed by atoms with E-state index in [9.17, 15) is 12.8 Å². The second-order valence-electron chi connectivity index (χ2n) is 5.30. The Labute approximate surface area is 140 Å². The third kappa shape index (κ3) is 3.34. The number of hydrogen-bond acceptors (Lipinski definition) is 3. The van der Waals surface area contributed by atoms with Crippen LogP contribution in [0.25, 0.3) is 0 Å². The van der Waals surface area contributed by atoms with E-state index in [2.05, 4.69) is 4.90 Å². The molecule has 3 rings (SSSR count). The maximum Gasteiger partial charge on any atom is 0.243 e. The van der Waals surface area contributed by atoms with E-state index in [1.165, 1.54) is 16.4 Å². The van der Waals surface area contributed by atoms with Crippen molar-refractivity contribution in [3.05, 3.63) is 59.4 Å². The van der Waals surface area contributed by atoms with E-state index in [0.717, 1.165) is 17.8 Å². The van der Waals surface area contributed by atoms with E-state index >= 15 is 0 Å². The van der Waals surface area contributed by atoms with Crippen LogP contribution < -0.4 is 4.90 Å². The van der Waals surface area contributed by atoms with Gasteiger partial charge in [-0.3, -0.25) is 0 Å². The molecule has 0 N–H and O–H groups in total. The molecule has 1 saturated heterocycles. The molecular formula is C16H16ClFN2O2S. The second kappa shape index (κ2) is 6.47. The molecule has 1 aliphatic heterocycles. The van der Waals surface area contributed by atoms with Gasteiger partial charge in [0.15, 0.2) is 0 Å². The molecule has 4 nitrogen and oxygen atoms in total. The predicted molar refractivity (Wildman–Crippen MR) is 88.8 cm³/mol. The number of benzene rings is 2. The van der Waals surface area contributed by atoms with Gasteiger partial charge in [0.05, 0.1) is 15.6 Å². The van der Waals surface area contributed by atoms with E-state index in [4.69, 9.17) is 11.6 Å². The predicted octanol–water partition coefficient (Wildman–Crippen LogP) is 2.99. The molecule has 1 aliphatic rings. The molecule has 23 heavy (non-hydrogen) atoms. The molecule has 0 aliphatic carbocycles. The van der Waals surface area contributed by atoms with Crippen molar-refractivity contribution >= 4 is 27.3 Å². The molecule has 2 aromatic carbocycles. The number of para-hydroxylation sites is 1. The maximum absolute atomic E-state index is 13.0. The van der Waals surface area contributed by atoms with Crippen LogP contribution in [0.15, 0.2) is 53.4 Å². The number of hydrogen-bond donors (Lipinski definition) is 0. The molecule has 0 unspecified atom stereocenters. The highest BCUT2D eigenvalue weighted by molar-refractivity contribution is 7.89. The van der Waals surface area contributed by atoms with Gasteiger partial charge in [0, 0.05) is 26.2 Å². The zero-order chi connectivity index (χ0) is 16.4. The number of halogens is 2. The van der Waals surface area contributed by atoms with Crippen molar-refractivity contribution in [2.24, 2.45) is 0 Å². The summed E-state index contributed by atoms with van der Waals surface area (Å²) in [7, 11) is -3.59. The molecule has 0 amide bonds. The fourth-order valence-electron chi connectivity index (χ4n) is 2.63. The number of rotatable bonds is 3. The molecule has 122 valence electrons.